The average Bonchev–Trinajstić information content (AvgIpc) is 2.96. The third kappa shape index (κ3) is 3.63. The van der Waals surface area contributed by atoms with E-state index >= 15 is 0 Å². The molecule has 0 saturated carbocycles. The second-order valence-electron chi connectivity index (χ2n) is 5.04. The zero-order chi connectivity index (χ0) is 16.2. The van der Waals surface area contributed by atoms with Gasteiger partial charge in [-0.25, -0.2) is 5.43 Å². The van der Waals surface area contributed by atoms with E-state index in [4.69, 9.17) is 21.1 Å². The number of hydrogen-bond acceptors (Lipinski definition) is 4. The largest absolute Gasteiger partial charge is 0.487 e. The zero-order valence-electron chi connectivity index (χ0n) is 12.5. The fraction of sp³-hybridized carbons (Fsp3) is 0.176. The van der Waals surface area contributed by atoms with Crippen LogP contribution in [0.2, 0.25) is 5.02 Å². The third-order valence-electron chi connectivity index (χ3n) is 3.34. The number of rotatable bonds is 4. The fourth-order valence-corrected chi connectivity index (χ4v) is 2.34. The van der Waals surface area contributed by atoms with E-state index in [0.717, 1.165) is 11.3 Å². The molecule has 0 aromatic heterocycles. The van der Waals surface area contributed by atoms with Crippen molar-refractivity contribution < 1.29 is 14.3 Å². The minimum Gasteiger partial charge on any atom is -0.487 e. The van der Waals surface area contributed by atoms with Gasteiger partial charge in [-0.15, -0.1) is 0 Å². The number of carbonyl (C=O) groups is 1. The SMILES string of the molecule is CC(Oc1cccc(Cl)c1)C(=O)N/N=C1\COc2ccccc21. The quantitative estimate of drug-likeness (QED) is 0.877. The van der Waals surface area contributed by atoms with Gasteiger partial charge in [0.15, 0.2) is 6.10 Å². The Hall–Kier alpha value is -2.53. The van der Waals surface area contributed by atoms with Gasteiger partial charge in [-0.05, 0) is 37.3 Å². The lowest BCUT2D eigenvalue weighted by molar-refractivity contribution is -0.127. The molecule has 23 heavy (non-hydrogen) atoms. The molecule has 1 amide bonds. The Bertz CT molecular complexity index is 761. The first-order valence-corrected chi connectivity index (χ1v) is 7.52. The van der Waals surface area contributed by atoms with Gasteiger partial charge in [-0.1, -0.05) is 29.8 Å². The van der Waals surface area contributed by atoms with Crippen LogP contribution in [0.1, 0.15) is 12.5 Å². The van der Waals surface area contributed by atoms with Gasteiger partial charge in [0.05, 0.1) is 0 Å². The fourth-order valence-electron chi connectivity index (χ4n) is 2.16. The molecule has 1 N–H and O–H groups in total. The standard InChI is InChI=1S/C17H15ClN2O3/c1-11(23-13-6-4-5-12(18)9-13)17(21)20-19-15-10-22-16-8-3-2-7-14(15)16/h2-9,11H,10H2,1H3,(H,20,21)/b19-15+. The van der Waals surface area contributed by atoms with Crippen molar-refractivity contribution in [3.63, 3.8) is 0 Å². The van der Waals surface area contributed by atoms with Crippen molar-refractivity contribution in [1.29, 1.82) is 0 Å². The van der Waals surface area contributed by atoms with Crippen molar-refractivity contribution in [2.45, 2.75) is 13.0 Å². The number of hydrazone groups is 1. The van der Waals surface area contributed by atoms with Gasteiger partial charge in [-0.2, -0.15) is 5.10 Å². The molecule has 1 heterocycles. The molecule has 0 bridgehead atoms. The van der Waals surface area contributed by atoms with Crippen LogP contribution in [0, 0.1) is 0 Å². The lowest BCUT2D eigenvalue weighted by atomic mass is 10.1. The summed E-state index contributed by atoms with van der Waals surface area (Å²) in [7, 11) is 0. The summed E-state index contributed by atoms with van der Waals surface area (Å²) in [6.45, 7) is 1.98. The summed E-state index contributed by atoms with van der Waals surface area (Å²) < 4.78 is 11.0. The van der Waals surface area contributed by atoms with Crippen LogP contribution in [0.3, 0.4) is 0 Å². The summed E-state index contributed by atoms with van der Waals surface area (Å²) in [5.41, 5.74) is 4.08. The molecular weight excluding hydrogens is 316 g/mol. The minimum absolute atomic E-state index is 0.336. The van der Waals surface area contributed by atoms with Crippen molar-refractivity contribution in [3.05, 3.63) is 59.1 Å². The van der Waals surface area contributed by atoms with E-state index in [1.807, 2.05) is 24.3 Å². The van der Waals surface area contributed by atoms with Crippen LogP contribution in [0.4, 0.5) is 0 Å². The Morgan fingerprint density at radius 1 is 1.30 bits per heavy atom. The van der Waals surface area contributed by atoms with Crippen LogP contribution in [-0.2, 0) is 4.79 Å². The van der Waals surface area contributed by atoms with E-state index in [9.17, 15) is 4.79 Å². The Kier molecular flexibility index (Phi) is 4.48. The number of para-hydroxylation sites is 1. The molecule has 0 spiro atoms. The summed E-state index contributed by atoms with van der Waals surface area (Å²) >= 11 is 5.89. The summed E-state index contributed by atoms with van der Waals surface area (Å²) in [6, 6.07) is 14.4. The van der Waals surface area contributed by atoms with Gasteiger partial charge < -0.3 is 9.47 Å². The van der Waals surface area contributed by atoms with Crippen molar-refractivity contribution >= 4 is 23.2 Å². The summed E-state index contributed by atoms with van der Waals surface area (Å²) in [5, 5.41) is 4.68. The number of nitrogens with one attached hydrogen (secondary N) is 1. The lowest BCUT2D eigenvalue weighted by Gasteiger charge is -2.13. The summed E-state index contributed by atoms with van der Waals surface area (Å²) in [4.78, 5) is 12.1. The molecule has 118 valence electrons. The molecule has 0 fully saturated rings. The van der Waals surface area contributed by atoms with Gasteiger partial charge in [-0.3, -0.25) is 4.79 Å². The van der Waals surface area contributed by atoms with Crippen LogP contribution in [0.5, 0.6) is 11.5 Å². The van der Waals surface area contributed by atoms with Gasteiger partial charge in [0.1, 0.15) is 23.8 Å². The molecule has 1 unspecified atom stereocenters. The molecule has 1 atom stereocenters. The zero-order valence-corrected chi connectivity index (χ0v) is 13.2. The number of amides is 1. The maximum atomic E-state index is 12.1. The monoisotopic (exact) mass is 330 g/mol. The number of fused-ring (bicyclic) bond motifs is 1. The maximum absolute atomic E-state index is 12.1. The van der Waals surface area contributed by atoms with Gasteiger partial charge in [0.25, 0.3) is 5.91 Å². The summed E-state index contributed by atoms with van der Waals surface area (Å²) in [6.07, 6.45) is -0.699. The van der Waals surface area contributed by atoms with Crippen molar-refractivity contribution in [1.82, 2.24) is 5.43 Å². The molecular formula is C17H15ClN2O3. The molecule has 1 aliphatic rings. The smallest absolute Gasteiger partial charge is 0.280 e. The molecule has 5 nitrogen and oxygen atoms in total. The van der Waals surface area contributed by atoms with Crippen LogP contribution in [0.15, 0.2) is 53.6 Å². The summed E-state index contributed by atoms with van der Waals surface area (Å²) in [5.74, 6) is 0.952. The maximum Gasteiger partial charge on any atom is 0.280 e. The Morgan fingerprint density at radius 2 is 2.13 bits per heavy atom. The number of benzene rings is 2. The second-order valence-corrected chi connectivity index (χ2v) is 5.47. The number of carbonyl (C=O) groups excluding carboxylic acids is 1. The lowest BCUT2D eigenvalue weighted by Crippen LogP contribution is -2.34. The average molecular weight is 331 g/mol. The second kappa shape index (κ2) is 6.71. The molecule has 0 radical (unpaired) electrons. The highest BCUT2D eigenvalue weighted by Gasteiger charge is 2.20. The van der Waals surface area contributed by atoms with Gasteiger partial charge in [0, 0.05) is 10.6 Å². The van der Waals surface area contributed by atoms with E-state index in [1.54, 1.807) is 31.2 Å². The van der Waals surface area contributed by atoms with E-state index < -0.39 is 6.10 Å². The van der Waals surface area contributed by atoms with Crippen LogP contribution in [-0.4, -0.2) is 24.3 Å². The molecule has 6 heteroatoms. The predicted molar refractivity (Wildman–Crippen MR) is 88.2 cm³/mol. The molecule has 2 aromatic carbocycles. The highest BCUT2D eigenvalue weighted by molar-refractivity contribution is 6.30. The van der Waals surface area contributed by atoms with E-state index in [-0.39, 0.29) is 5.91 Å². The molecule has 1 aliphatic heterocycles. The van der Waals surface area contributed by atoms with Gasteiger partial charge in [0.2, 0.25) is 0 Å². The first-order chi connectivity index (χ1) is 11.1. The topological polar surface area (TPSA) is 59.9 Å². The highest BCUT2D eigenvalue weighted by atomic mass is 35.5. The van der Waals surface area contributed by atoms with E-state index in [1.165, 1.54) is 0 Å². The first-order valence-electron chi connectivity index (χ1n) is 7.14. The molecule has 2 aromatic rings. The number of ether oxygens (including phenoxy) is 2. The molecule has 0 aliphatic carbocycles. The Morgan fingerprint density at radius 3 is 2.96 bits per heavy atom. The van der Waals surface area contributed by atoms with E-state index in [0.29, 0.717) is 23.1 Å². The molecule has 0 saturated heterocycles. The van der Waals surface area contributed by atoms with Crippen molar-refractivity contribution in [2.75, 3.05) is 6.61 Å². The number of hydrogen-bond donors (Lipinski definition) is 1. The Balaban J connectivity index is 1.62. The first kappa shape index (κ1) is 15.4. The van der Waals surface area contributed by atoms with Crippen LogP contribution in [0.25, 0.3) is 0 Å². The minimum atomic E-state index is -0.699. The molecule has 3 rings (SSSR count). The van der Waals surface area contributed by atoms with Crippen molar-refractivity contribution in [3.8, 4) is 11.5 Å². The van der Waals surface area contributed by atoms with E-state index in [2.05, 4.69) is 10.5 Å². The third-order valence-corrected chi connectivity index (χ3v) is 3.58. The van der Waals surface area contributed by atoms with Crippen LogP contribution >= 0.6 is 11.6 Å². The van der Waals surface area contributed by atoms with Crippen molar-refractivity contribution in [2.24, 2.45) is 5.10 Å². The highest BCUT2D eigenvalue weighted by Crippen LogP contribution is 2.24. The Labute approximate surface area is 138 Å². The van der Waals surface area contributed by atoms with Crippen LogP contribution < -0.4 is 14.9 Å². The normalized spacial score (nSPS) is 15.7. The predicted octanol–water partition coefficient (Wildman–Crippen LogP) is 3.02. The van der Waals surface area contributed by atoms with Gasteiger partial charge >= 0.3 is 0 Å². The number of nitrogens with zero attached hydrogens (tertiary/aromatic N) is 1. The number of halogens is 1.